The lowest BCUT2D eigenvalue weighted by molar-refractivity contribution is -0.117. The van der Waals surface area contributed by atoms with E-state index in [-0.39, 0.29) is 24.2 Å². The molecule has 5 nitrogen and oxygen atoms in total. The van der Waals surface area contributed by atoms with Crippen molar-refractivity contribution in [3.8, 4) is 11.5 Å². The first-order valence-corrected chi connectivity index (χ1v) is 11.0. The van der Waals surface area contributed by atoms with Crippen molar-refractivity contribution in [1.29, 1.82) is 0 Å². The van der Waals surface area contributed by atoms with Gasteiger partial charge >= 0.3 is 0 Å². The predicted octanol–water partition coefficient (Wildman–Crippen LogP) is 4.80. The van der Waals surface area contributed by atoms with Crippen LogP contribution in [0.15, 0.2) is 47.8 Å². The molecular formula is C24H25FN2O3S. The third-order valence-electron chi connectivity index (χ3n) is 5.53. The van der Waals surface area contributed by atoms with Crippen LogP contribution in [0.4, 0.5) is 10.1 Å². The van der Waals surface area contributed by atoms with Gasteiger partial charge in [0.2, 0.25) is 5.91 Å². The Balaban J connectivity index is 1.62. The van der Waals surface area contributed by atoms with Gasteiger partial charge in [0.15, 0.2) is 11.5 Å². The number of rotatable bonds is 6. The smallest absolute Gasteiger partial charge is 0.238 e. The van der Waals surface area contributed by atoms with Gasteiger partial charge in [-0.2, -0.15) is 0 Å². The fourth-order valence-corrected chi connectivity index (χ4v) is 4.92. The Morgan fingerprint density at radius 1 is 1.19 bits per heavy atom. The van der Waals surface area contributed by atoms with Gasteiger partial charge < -0.3 is 14.8 Å². The molecule has 7 heteroatoms. The lowest BCUT2D eigenvalue weighted by atomic mass is 9.91. The number of amides is 1. The number of anilines is 1. The van der Waals surface area contributed by atoms with Crippen molar-refractivity contribution in [2.45, 2.75) is 19.4 Å². The van der Waals surface area contributed by atoms with Crippen LogP contribution in [0.3, 0.4) is 0 Å². The van der Waals surface area contributed by atoms with Crippen molar-refractivity contribution in [2.24, 2.45) is 0 Å². The average Bonchev–Trinajstić information content (AvgIpc) is 3.29. The summed E-state index contributed by atoms with van der Waals surface area (Å²) in [4.78, 5) is 16.1. The number of ether oxygens (including phenoxy) is 2. The molecule has 162 valence electrons. The first-order chi connectivity index (χ1) is 15.0. The fraction of sp³-hybridized carbons (Fsp3) is 0.292. The third-order valence-corrected chi connectivity index (χ3v) is 6.46. The highest BCUT2D eigenvalue weighted by molar-refractivity contribution is 7.10. The van der Waals surface area contributed by atoms with Crippen LogP contribution < -0.4 is 14.8 Å². The number of nitrogens with zero attached hydrogens (tertiary/aromatic N) is 1. The molecule has 31 heavy (non-hydrogen) atoms. The molecule has 0 spiro atoms. The minimum atomic E-state index is -0.427. The monoisotopic (exact) mass is 440 g/mol. The molecular weight excluding hydrogens is 415 g/mol. The van der Waals surface area contributed by atoms with Gasteiger partial charge in [-0.3, -0.25) is 9.69 Å². The average molecular weight is 441 g/mol. The SMILES string of the molecule is COc1cc2c(cc1OC)[C@H](c1cccs1)N(CC(=O)Nc1ccc(C)cc1F)CC2. The number of halogens is 1. The molecule has 3 aromatic rings. The van der Waals surface area contributed by atoms with Crippen molar-refractivity contribution in [2.75, 3.05) is 32.6 Å². The lowest BCUT2D eigenvalue weighted by Gasteiger charge is -2.37. The molecule has 0 unspecified atom stereocenters. The number of carbonyl (C=O) groups is 1. The summed E-state index contributed by atoms with van der Waals surface area (Å²) in [5, 5.41) is 4.75. The van der Waals surface area contributed by atoms with Gasteiger partial charge in [0, 0.05) is 11.4 Å². The van der Waals surface area contributed by atoms with E-state index in [4.69, 9.17) is 9.47 Å². The van der Waals surface area contributed by atoms with E-state index in [0.717, 1.165) is 22.4 Å². The molecule has 1 N–H and O–H groups in total. The minimum absolute atomic E-state index is 0.0860. The summed E-state index contributed by atoms with van der Waals surface area (Å²) < 4.78 is 25.2. The molecule has 1 aromatic heterocycles. The summed E-state index contributed by atoms with van der Waals surface area (Å²) in [7, 11) is 3.25. The zero-order valence-electron chi connectivity index (χ0n) is 17.8. The molecule has 1 amide bonds. The van der Waals surface area contributed by atoms with Crippen molar-refractivity contribution in [1.82, 2.24) is 4.90 Å². The molecule has 1 aliphatic heterocycles. The second-order valence-electron chi connectivity index (χ2n) is 7.58. The van der Waals surface area contributed by atoms with Crippen LogP contribution in [0.5, 0.6) is 11.5 Å². The summed E-state index contributed by atoms with van der Waals surface area (Å²) in [5.74, 6) is 0.695. The Kier molecular flexibility index (Phi) is 6.25. The number of thiophene rings is 1. The molecule has 1 aliphatic rings. The highest BCUT2D eigenvalue weighted by Gasteiger charge is 2.32. The normalized spacial score (nSPS) is 15.9. The van der Waals surface area contributed by atoms with Crippen LogP contribution in [0.2, 0.25) is 0 Å². The van der Waals surface area contributed by atoms with E-state index in [1.54, 1.807) is 37.7 Å². The molecule has 0 bridgehead atoms. The van der Waals surface area contributed by atoms with E-state index in [1.165, 1.54) is 11.6 Å². The maximum atomic E-state index is 14.2. The zero-order chi connectivity index (χ0) is 22.0. The Labute approximate surface area is 185 Å². The summed E-state index contributed by atoms with van der Waals surface area (Å²) in [5.41, 5.74) is 3.29. The summed E-state index contributed by atoms with van der Waals surface area (Å²) >= 11 is 1.65. The van der Waals surface area contributed by atoms with Gasteiger partial charge in [0.05, 0.1) is 32.5 Å². The molecule has 0 saturated carbocycles. The van der Waals surface area contributed by atoms with Crippen LogP contribution in [-0.4, -0.2) is 38.1 Å². The van der Waals surface area contributed by atoms with E-state index < -0.39 is 5.82 Å². The van der Waals surface area contributed by atoms with Crippen LogP contribution >= 0.6 is 11.3 Å². The van der Waals surface area contributed by atoms with E-state index >= 15 is 0 Å². The third kappa shape index (κ3) is 4.43. The van der Waals surface area contributed by atoms with Gasteiger partial charge in [-0.1, -0.05) is 12.1 Å². The summed E-state index contributed by atoms with van der Waals surface area (Å²) in [6, 6.07) is 12.8. The number of hydrogen-bond acceptors (Lipinski definition) is 5. The second kappa shape index (κ2) is 9.08. The Hall–Kier alpha value is -2.90. The number of hydrogen-bond donors (Lipinski definition) is 1. The number of nitrogens with one attached hydrogen (secondary N) is 1. The van der Waals surface area contributed by atoms with Crippen LogP contribution in [-0.2, 0) is 11.2 Å². The number of methoxy groups -OCH3 is 2. The molecule has 0 fully saturated rings. The first-order valence-electron chi connectivity index (χ1n) is 10.1. The quantitative estimate of drug-likeness (QED) is 0.598. The predicted molar refractivity (Wildman–Crippen MR) is 121 cm³/mol. The Bertz CT molecular complexity index is 1080. The minimum Gasteiger partial charge on any atom is -0.493 e. The standard InChI is InChI=1S/C24H25FN2O3S/c1-15-6-7-19(18(25)11-15)26-23(28)14-27-9-8-16-12-20(29-2)21(30-3)13-17(16)24(27)22-5-4-10-31-22/h4-7,10-13,24H,8-9,14H2,1-3H3,(H,26,28)/t24-/m1/s1. The maximum Gasteiger partial charge on any atom is 0.238 e. The summed E-state index contributed by atoms with van der Waals surface area (Å²) in [6.45, 7) is 2.67. The van der Waals surface area contributed by atoms with Crippen LogP contribution in [0.1, 0.15) is 27.6 Å². The highest BCUT2D eigenvalue weighted by atomic mass is 32.1. The van der Waals surface area contributed by atoms with Crippen molar-refractivity contribution in [3.05, 3.63) is 75.2 Å². The van der Waals surface area contributed by atoms with Gasteiger partial charge in [0.25, 0.3) is 0 Å². The molecule has 2 heterocycles. The van der Waals surface area contributed by atoms with Gasteiger partial charge in [0.1, 0.15) is 5.82 Å². The van der Waals surface area contributed by atoms with E-state index in [9.17, 15) is 9.18 Å². The van der Waals surface area contributed by atoms with Crippen molar-refractivity contribution >= 4 is 22.9 Å². The topological polar surface area (TPSA) is 50.8 Å². The molecule has 0 saturated heterocycles. The largest absolute Gasteiger partial charge is 0.493 e. The number of carbonyl (C=O) groups excluding carboxylic acids is 1. The Morgan fingerprint density at radius 2 is 1.97 bits per heavy atom. The fourth-order valence-electron chi connectivity index (χ4n) is 4.04. The highest BCUT2D eigenvalue weighted by Crippen LogP contribution is 2.42. The van der Waals surface area contributed by atoms with E-state index in [0.29, 0.717) is 18.0 Å². The van der Waals surface area contributed by atoms with Crippen LogP contribution in [0, 0.1) is 12.7 Å². The molecule has 0 aliphatic carbocycles. The van der Waals surface area contributed by atoms with Gasteiger partial charge in [-0.15, -0.1) is 11.3 Å². The second-order valence-corrected chi connectivity index (χ2v) is 8.56. The summed E-state index contributed by atoms with van der Waals surface area (Å²) in [6.07, 6.45) is 0.781. The van der Waals surface area contributed by atoms with Crippen molar-refractivity contribution in [3.63, 3.8) is 0 Å². The van der Waals surface area contributed by atoms with Crippen LogP contribution in [0.25, 0.3) is 0 Å². The molecule has 0 radical (unpaired) electrons. The number of fused-ring (bicyclic) bond motifs is 1. The number of benzene rings is 2. The molecule has 4 rings (SSSR count). The molecule has 2 aromatic carbocycles. The zero-order valence-corrected chi connectivity index (χ0v) is 18.6. The van der Waals surface area contributed by atoms with E-state index in [1.807, 2.05) is 30.5 Å². The maximum absolute atomic E-state index is 14.2. The van der Waals surface area contributed by atoms with Gasteiger partial charge in [-0.25, -0.2) is 4.39 Å². The number of aryl methyl sites for hydroxylation is 1. The molecule has 1 atom stereocenters. The van der Waals surface area contributed by atoms with Gasteiger partial charge in [-0.05, 0) is 65.7 Å². The first kappa shape index (κ1) is 21.3. The Morgan fingerprint density at radius 3 is 2.65 bits per heavy atom. The lowest BCUT2D eigenvalue weighted by Crippen LogP contribution is -2.41. The van der Waals surface area contributed by atoms with Crippen molar-refractivity contribution < 1.29 is 18.7 Å². The van der Waals surface area contributed by atoms with E-state index in [2.05, 4.69) is 16.3 Å².